The predicted octanol–water partition coefficient (Wildman–Crippen LogP) is 4.95. The molecule has 0 fully saturated rings. The third-order valence-corrected chi connectivity index (χ3v) is 4.66. The molecule has 2 aromatic carbocycles. The first-order valence-electron chi connectivity index (χ1n) is 9.30. The van der Waals surface area contributed by atoms with Gasteiger partial charge in [-0.05, 0) is 43.2 Å². The molecule has 0 saturated heterocycles. The third kappa shape index (κ3) is 3.40. The number of hydrogen-bond acceptors (Lipinski definition) is 3. The molecule has 0 spiro atoms. The van der Waals surface area contributed by atoms with E-state index in [1.54, 1.807) is 12.1 Å². The Bertz CT molecular complexity index is 1120. The molecule has 0 unspecified atom stereocenters. The summed E-state index contributed by atoms with van der Waals surface area (Å²) in [6.07, 6.45) is 2.08. The summed E-state index contributed by atoms with van der Waals surface area (Å²) in [6, 6.07) is 17.5. The van der Waals surface area contributed by atoms with Gasteiger partial charge in [-0.2, -0.15) is 5.10 Å². The van der Waals surface area contributed by atoms with Gasteiger partial charge in [0.15, 0.2) is 11.5 Å². The van der Waals surface area contributed by atoms with Crippen LogP contribution in [0.25, 0.3) is 21.9 Å². The molecule has 0 aliphatic rings. The lowest BCUT2D eigenvalue weighted by Crippen LogP contribution is -2.12. The van der Waals surface area contributed by atoms with Crippen LogP contribution in [0.2, 0.25) is 0 Å². The molecule has 0 saturated carbocycles. The second-order valence-corrected chi connectivity index (χ2v) is 6.80. The number of nitrogens with zero attached hydrogens (tertiary/aromatic N) is 3. The number of pyridine rings is 1. The van der Waals surface area contributed by atoms with Gasteiger partial charge >= 0.3 is 0 Å². The fourth-order valence-corrected chi connectivity index (χ4v) is 3.19. The quantitative estimate of drug-likeness (QED) is 0.549. The van der Waals surface area contributed by atoms with E-state index in [-0.39, 0.29) is 5.91 Å². The first kappa shape index (κ1) is 17.2. The van der Waals surface area contributed by atoms with Crippen LogP contribution >= 0.6 is 0 Å². The number of fused-ring (bicyclic) bond motifs is 2. The van der Waals surface area contributed by atoms with Gasteiger partial charge in [0.1, 0.15) is 0 Å². The summed E-state index contributed by atoms with van der Waals surface area (Å²) in [4.78, 5) is 17.4. The highest BCUT2D eigenvalue weighted by Gasteiger charge is 2.16. The SMILES string of the molecule is CCCCn1nc(NC(=O)c2ccccc2)c2cc3ccc(C)cc3nc21. The molecule has 0 radical (unpaired) electrons. The molecule has 27 heavy (non-hydrogen) atoms. The molecule has 0 atom stereocenters. The van der Waals surface area contributed by atoms with Gasteiger partial charge in [-0.1, -0.05) is 43.7 Å². The monoisotopic (exact) mass is 358 g/mol. The molecular formula is C22H22N4O. The van der Waals surface area contributed by atoms with Crippen LogP contribution in [-0.2, 0) is 6.54 Å². The smallest absolute Gasteiger partial charge is 0.256 e. The molecule has 5 heteroatoms. The summed E-state index contributed by atoms with van der Waals surface area (Å²) in [5, 5.41) is 9.53. The maximum atomic E-state index is 12.6. The number of rotatable bonds is 5. The topological polar surface area (TPSA) is 59.8 Å². The fraction of sp³-hybridized carbons (Fsp3) is 0.227. The van der Waals surface area contributed by atoms with Crippen LogP contribution < -0.4 is 5.32 Å². The van der Waals surface area contributed by atoms with Crippen LogP contribution in [0, 0.1) is 6.92 Å². The van der Waals surface area contributed by atoms with E-state index in [1.807, 2.05) is 22.9 Å². The Morgan fingerprint density at radius 2 is 1.93 bits per heavy atom. The molecule has 0 bridgehead atoms. The van der Waals surface area contributed by atoms with E-state index in [0.717, 1.165) is 41.3 Å². The molecule has 2 aromatic heterocycles. The summed E-state index contributed by atoms with van der Waals surface area (Å²) in [6.45, 7) is 4.99. The lowest BCUT2D eigenvalue weighted by molar-refractivity contribution is 0.102. The van der Waals surface area contributed by atoms with Crippen molar-refractivity contribution in [3.63, 3.8) is 0 Å². The Morgan fingerprint density at radius 1 is 1.11 bits per heavy atom. The van der Waals surface area contributed by atoms with E-state index in [4.69, 9.17) is 4.98 Å². The van der Waals surface area contributed by atoms with Crippen LogP contribution in [-0.4, -0.2) is 20.7 Å². The highest BCUT2D eigenvalue weighted by atomic mass is 16.1. The summed E-state index contributed by atoms with van der Waals surface area (Å²) < 4.78 is 1.90. The fourth-order valence-electron chi connectivity index (χ4n) is 3.19. The van der Waals surface area contributed by atoms with E-state index >= 15 is 0 Å². The van der Waals surface area contributed by atoms with Crippen LogP contribution in [0.4, 0.5) is 5.82 Å². The van der Waals surface area contributed by atoms with Crippen LogP contribution in [0.3, 0.4) is 0 Å². The second kappa shape index (κ2) is 7.19. The van der Waals surface area contributed by atoms with Crippen molar-refractivity contribution in [2.75, 3.05) is 5.32 Å². The van der Waals surface area contributed by atoms with Gasteiger partial charge in [0, 0.05) is 17.5 Å². The van der Waals surface area contributed by atoms with Crippen molar-refractivity contribution in [2.45, 2.75) is 33.2 Å². The van der Waals surface area contributed by atoms with E-state index < -0.39 is 0 Å². The van der Waals surface area contributed by atoms with Crippen LogP contribution in [0.5, 0.6) is 0 Å². The molecule has 0 aliphatic carbocycles. The number of nitrogens with one attached hydrogen (secondary N) is 1. The molecule has 1 amide bonds. The van der Waals surface area contributed by atoms with Gasteiger partial charge < -0.3 is 5.32 Å². The largest absolute Gasteiger partial charge is 0.305 e. The molecule has 2 heterocycles. The number of carbonyl (C=O) groups is 1. The number of amides is 1. The first-order chi connectivity index (χ1) is 13.2. The summed E-state index contributed by atoms with van der Waals surface area (Å²) in [7, 11) is 0. The lowest BCUT2D eigenvalue weighted by atomic mass is 10.1. The number of unbranched alkanes of at least 4 members (excludes halogenated alkanes) is 1. The van der Waals surface area contributed by atoms with E-state index in [2.05, 4.69) is 48.5 Å². The number of carbonyl (C=O) groups excluding carboxylic acids is 1. The Balaban J connectivity index is 1.81. The molecule has 5 nitrogen and oxygen atoms in total. The Kier molecular flexibility index (Phi) is 4.59. The lowest BCUT2D eigenvalue weighted by Gasteiger charge is -2.03. The van der Waals surface area contributed by atoms with E-state index in [1.165, 1.54) is 5.56 Å². The zero-order valence-electron chi connectivity index (χ0n) is 15.6. The molecular weight excluding hydrogens is 336 g/mol. The highest BCUT2D eigenvalue weighted by molar-refractivity contribution is 6.08. The zero-order valence-corrected chi connectivity index (χ0v) is 15.6. The average Bonchev–Trinajstić information content (AvgIpc) is 3.01. The molecule has 136 valence electrons. The van der Waals surface area contributed by atoms with E-state index in [0.29, 0.717) is 11.4 Å². The number of aryl methyl sites for hydroxylation is 2. The Morgan fingerprint density at radius 3 is 2.70 bits per heavy atom. The number of anilines is 1. The van der Waals surface area contributed by atoms with Gasteiger partial charge in [0.25, 0.3) is 5.91 Å². The normalized spacial score (nSPS) is 11.2. The second-order valence-electron chi connectivity index (χ2n) is 6.80. The summed E-state index contributed by atoms with van der Waals surface area (Å²) in [5.41, 5.74) is 3.54. The number of benzene rings is 2. The maximum Gasteiger partial charge on any atom is 0.256 e. The molecule has 0 aliphatic heterocycles. The van der Waals surface area contributed by atoms with E-state index in [9.17, 15) is 4.79 Å². The van der Waals surface area contributed by atoms with Gasteiger partial charge in [-0.3, -0.25) is 4.79 Å². The molecule has 4 aromatic rings. The summed E-state index contributed by atoms with van der Waals surface area (Å²) >= 11 is 0. The van der Waals surface area contributed by atoms with Crippen LogP contribution in [0.1, 0.15) is 35.7 Å². The standard InChI is InChI=1S/C22H22N4O/c1-3-4-12-26-21-18(14-17-11-10-15(2)13-19(17)23-21)20(25-26)24-22(27)16-8-6-5-7-9-16/h5-11,13-14H,3-4,12H2,1-2H3,(H,24,25,27). The van der Waals surface area contributed by atoms with Gasteiger partial charge in [-0.25, -0.2) is 9.67 Å². The minimum absolute atomic E-state index is 0.165. The zero-order chi connectivity index (χ0) is 18.8. The molecule has 4 rings (SSSR count). The van der Waals surface area contributed by atoms with Crippen molar-refractivity contribution in [1.29, 1.82) is 0 Å². The van der Waals surface area contributed by atoms with Crippen molar-refractivity contribution in [1.82, 2.24) is 14.8 Å². The highest BCUT2D eigenvalue weighted by Crippen LogP contribution is 2.27. The number of aromatic nitrogens is 3. The Labute approximate surface area is 158 Å². The predicted molar refractivity (Wildman–Crippen MR) is 109 cm³/mol. The minimum Gasteiger partial charge on any atom is -0.305 e. The average molecular weight is 358 g/mol. The van der Waals surface area contributed by atoms with Crippen molar-refractivity contribution >= 4 is 33.7 Å². The first-order valence-corrected chi connectivity index (χ1v) is 9.30. The van der Waals surface area contributed by atoms with Crippen molar-refractivity contribution in [2.24, 2.45) is 0 Å². The maximum absolute atomic E-state index is 12.6. The third-order valence-electron chi connectivity index (χ3n) is 4.66. The summed E-state index contributed by atoms with van der Waals surface area (Å²) in [5.74, 6) is 0.395. The Hall–Kier alpha value is -3.21. The van der Waals surface area contributed by atoms with Crippen molar-refractivity contribution < 1.29 is 4.79 Å². The number of hydrogen-bond donors (Lipinski definition) is 1. The van der Waals surface area contributed by atoms with Gasteiger partial charge in [0.05, 0.1) is 10.9 Å². The van der Waals surface area contributed by atoms with Crippen LogP contribution in [0.15, 0.2) is 54.6 Å². The van der Waals surface area contributed by atoms with Gasteiger partial charge in [-0.15, -0.1) is 0 Å². The van der Waals surface area contributed by atoms with Gasteiger partial charge in [0.2, 0.25) is 0 Å². The molecule has 1 N–H and O–H groups in total. The minimum atomic E-state index is -0.165. The van der Waals surface area contributed by atoms with Crippen molar-refractivity contribution in [3.8, 4) is 0 Å². The van der Waals surface area contributed by atoms with Crippen molar-refractivity contribution in [3.05, 3.63) is 65.7 Å².